The average Bonchev–Trinajstić information content (AvgIpc) is 3.39. The van der Waals surface area contributed by atoms with Gasteiger partial charge in [-0.05, 0) is 43.2 Å². The summed E-state index contributed by atoms with van der Waals surface area (Å²) in [7, 11) is 0. The second-order valence-corrected chi connectivity index (χ2v) is 6.77. The largest absolute Gasteiger partial charge is 0.465 e. The van der Waals surface area contributed by atoms with E-state index in [1.165, 1.54) is 23.1 Å². The molecule has 28 heavy (non-hydrogen) atoms. The van der Waals surface area contributed by atoms with Crippen molar-refractivity contribution in [1.82, 2.24) is 20.2 Å². The van der Waals surface area contributed by atoms with Gasteiger partial charge in [-0.25, -0.2) is 24.2 Å². The van der Waals surface area contributed by atoms with Crippen LogP contribution in [0.5, 0.6) is 0 Å². The number of halogens is 1. The first-order chi connectivity index (χ1) is 13.5. The highest BCUT2D eigenvalue weighted by atomic mass is 19.1. The van der Waals surface area contributed by atoms with Gasteiger partial charge in [0, 0.05) is 17.0 Å². The fourth-order valence-electron chi connectivity index (χ4n) is 3.37. The fourth-order valence-corrected chi connectivity index (χ4v) is 3.37. The van der Waals surface area contributed by atoms with E-state index in [4.69, 9.17) is 0 Å². The van der Waals surface area contributed by atoms with Gasteiger partial charge in [0.1, 0.15) is 5.82 Å². The summed E-state index contributed by atoms with van der Waals surface area (Å²) in [6.45, 7) is 0. The Labute approximate surface area is 156 Å². The number of carbonyl (C=O) groups is 1. The van der Waals surface area contributed by atoms with Crippen LogP contribution in [0.1, 0.15) is 12.8 Å². The van der Waals surface area contributed by atoms with Crippen LogP contribution in [0, 0.1) is 5.82 Å². The summed E-state index contributed by atoms with van der Waals surface area (Å²) in [4.78, 5) is 32.2. The Bertz CT molecular complexity index is 1310. The van der Waals surface area contributed by atoms with Gasteiger partial charge in [-0.1, -0.05) is 6.07 Å². The number of fused-ring (bicyclic) bond motifs is 2. The number of nitrogens with one attached hydrogen (secondary N) is 2. The number of nitrogens with zero attached hydrogens (tertiary/aromatic N) is 3. The maximum atomic E-state index is 13.7. The van der Waals surface area contributed by atoms with Crippen molar-refractivity contribution >= 4 is 33.8 Å². The molecule has 1 aliphatic rings. The number of amides is 1. The van der Waals surface area contributed by atoms with Gasteiger partial charge in [0.2, 0.25) is 5.95 Å². The molecule has 1 saturated carbocycles. The maximum Gasteiger partial charge on any atom is 0.414 e. The summed E-state index contributed by atoms with van der Waals surface area (Å²) >= 11 is 0. The Morgan fingerprint density at radius 3 is 2.75 bits per heavy atom. The molecule has 140 valence electrons. The molecule has 2 aromatic carbocycles. The molecule has 1 aliphatic carbocycles. The fraction of sp³-hybridized carbons (Fsp3) is 0.158. The number of rotatable bonds is 3. The Kier molecular flexibility index (Phi) is 3.45. The minimum atomic E-state index is -1.05. The van der Waals surface area contributed by atoms with Gasteiger partial charge in [0.05, 0.1) is 22.1 Å². The predicted octanol–water partition coefficient (Wildman–Crippen LogP) is 3.25. The predicted molar refractivity (Wildman–Crippen MR) is 101 cm³/mol. The number of H-pyrrole nitrogens is 2. The Morgan fingerprint density at radius 1 is 1.18 bits per heavy atom. The minimum Gasteiger partial charge on any atom is -0.465 e. The first-order valence-electron chi connectivity index (χ1n) is 8.71. The molecule has 3 N–H and O–H groups in total. The van der Waals surface area contributed by atoms with E-state index in [2.05, 4.69) is 20.2 Å². The summed E-state index contributed by atoms with van der Waals surface area (Å²) in [5.41, 5.74) is 1.89. The van der Waals surface area contributed by atoms with Crippen LogP contribution in [-0.2, 0) is 0 Å². The molecule has 4 aromatic rings. The monoisotopic (exact) mass is 379 g/mol. The molecule has 0 radical (unpaired) electrons. The molecular formula is C19H14FN5O3. The van der Waals surface area contributed by atoms with Crippen LogP contribution in [0.15, 0.2) is 41.2 Å². The molecule has 8 nitrogen and oxygen atoms in total. The second kappa shape index (κ2) is 5.88. The first-order valence-corrected chi connectivity index (χ1v) is 8.71. The third-order valence-corrected chi connectivity index (χ3v) is 4.84. The molecular weight excluding hydrogens is 365 g/mol. The van der Waals surface area contributed by atoms with E-state index < -0.39 is 17.5 Å². The summed E-state index contributed by atoms with van der Waals surface area (Å²) in [5, 5.41) is 16.7. The lowest BCUT2D eigenvalue weighted by Gasteiger charge is -2.14. The highest BCUT2D eigenvalue weighted by Gasteiger charge is 2.35. The van der Waals surface area contributed by atoms with Crippen molar-refractivity contribution in [2.24, 2.45) is 0 Å². The molecule has 0 saturated heterocycles. The topological polar surface area (TPSA) is 115 Å². The number of benzene rings is 2. The summed E-state index contributed by atoms with van der Waals surface area (Å²) in [6, 6.07) is 9.10. The van der Waals surface area contributed by atoms with Crippen molar-refractivity contribution in [1.29, 1.82) is 0 Å². The molecule has 1 fully saturated rings. The number of anilines is 1. The van der Waals surface area contributed by atoms with Crippen LogP contribution in [0.2, 0.25) is 0 Å². The van der Waals surface area contributed by atoms with Gasteiger partial charge < -0.3 is 10.1 Å². The van der Waals surface area contributed by atoms with Crippen LogP contribution >= 0.6 is 0 Å². The molecule has 0 unspecified atom stereocenters. The zero-order chi connectivity index (χ0) is 19.4. The van der Waals surface area contributed by atoms with E-state index in [1.54, 1.807) is 18.2 Å². The number of aromatic nitrogens is 4. The zero-order valence-corrected chi connectivity index (χ0v) is 14.4. The Morgan fingerprint density at radius 2 is 2.00 bits per heavy atom. The Balaban J connectivity index is 1.66. The standard InChI is InChI=1S/C19H14FN5O3/c20-10-2-5-12-13(8-10)16(23-24-17(12)26)9-1-6-14-15(7-9)22-18(21-14)25(19(27)28)11-3-4-11/h1-2,5-8,11H,3-4H2,(H,21,22)(H,24,26)(H,27,28). The third kappa shape index (κ3) is 2.59. The molecule has 2 aromatic heterocycles. The van der Waals surface area contributed by atoms with Crippen molar-refractivity contribution in [3.8, 4) is 11.3 Å². The first kappa shape index (κ1) is 16.4. The van der Waals surface area contributed by atoms with Crippen LogP contribution < -0.4 is 10.5 Å². The third-order valence-electron chi connectivity index (χ3n) is 4.84. The van der Waals surface area contributed by atoms with E-state index >= 15 is 0 Å². The highest BCUT2D eigenvalue weighted by molar-refractivity contribution is 5.96. The van der Waals surface area contributed by atoms with Gasteiger partial charge in [0.25, 0.3) is 5.56 Å². The normalized spacial score (nSPS) is 13.9. The van der Waals surface area contributed by atoms with Crippen LogP contribution in [-0.4, -0.2) is 37.4 Å². The number of imidazole rings is 1. The van der Waals surface area contributed by atoms with E-state index in [9.17, 15) is 19.1 Å². The van der Waals surface area contributed by atoms with Crippen molar-refractivity contribution in [2.45, 2.75) is 18.9 Å². The van der Waals surface area contributed by atoms with Crippen LogP contribution in [0.25, 0.3) is 33.1 Å². The highest BCUT2D eigenvalue weighted by Crippen LogP contribution is 2.32. The molecule has 0 spiro atoms. The zero-order valence-electron chi connectivity index (χ0n) is 14.4. The number of carboxylic acid groups (broad SMARTS) is 1. The SMILES string of the molecule is O=C(O)N(c1nc2ccc(-c3n[nH]c(=O)c4ccc(F)cc34)cc2[nH]1)C1CC1. The molecule has 0 aliphatic heterocycles. The van der Waals surface area contributed by atoms with Gasteiger partial charge >= 0.3 is 6.09 Å². The molecule has 5 rings (SSSR count). The van der Waals surface area contributed by atoms with Crippen LogP contribution in [0.3, 0.4) is 0 Å². The number of hydrogen-bond donors (Lipinski definition) is 3. The van der Waals surface area contributed by atoms with E-state index in [0.29, 0.717) is 33.1 Å². The van der Waals surface area contributed by atoms with Gasteiger partial charge in [0.15, 0.2) is 0 Å². The van der Waals surface area contributed by atoms with E-state index in [1.807, 2.05) is 0 Å². The van der Waals surface area contributed by atoms with Crippen molar-refractivity contribution in [3.05, 3.63) is 52.6 Å². The molecule has 2 heterocycles. The molecule has 0 atom stereocenters. The van der Waals surface area contributed by atoms with Crippen molar-refractivity contribution in [3.63, 3.8) is 0 Å². The van der Waals surface area contributed by atoms with Crippen molar-refractivity contribution in [2.75, 3.05) is 4.90 Å². The average molecular weight is 379 g/mol. The Hall–Kier alpha value is -3.75. The van der Waals surface area contributed by atoms with Gasteiger partial charge in [-0.2, -0.15) is 5.10 Å². The van der Waals surface area contributed by atoms with Crippen LogP contribution in [0.4, 0.5) is 15.1 Å². The van der Waals surface area contributed by atoms with Gasteiger partial charge in [-0.15, -0.1) is 0 Å². The van der Waals surface area contributed by atoms with E-state index in [0.717, 1.165) is 12.8 Å². The number of hydrogen-bond acceptors (Lipinski definition) is 4. The summed E-state index contributed by atoms with van der Waals surface area (Å²) in [5.74, 6) is -0.194. The van der Waals surface area contributed by atoms with E-state index in [-0.39, 0.29) is 12.0 Å². The maximum absolute atomic E-state index is 13.7. The summed E-state index contributed by atoms with van der Waals surface area (Å²) < 4.78 is 13.7. The van der Waals surface area contributed by atoms with Crippen molar-refractivity contribution < 1.29 is 14.3 Å². The molecule has 1 amide bonds. The molecule has 0 bridgehead atoms. The minimum absolute atomic E-state index is 0.0506. The smallest absolute Gasteiger partial charge is 0.414 e. The lowest BCUT2D eigenvalue weighted by Crippen LogP contribution is -2.32. The lowest BCUT2D eigenvalue weighted by atomic mass is 10.0. The van der Waals surface area contributed by atoms with Gasteiger partial charge in [-0.3, -0.25) is 4.79 Å². The molecule has 9 heteroatoms. The quantitative estimate of drug-likeness (QED) is 0.505. The number of aromatic amines is 2. The summed E-state index contributed by atoms with van der Waals surface area (Å²) in [6.07, 6.45) is 0.575. The lowest BCUT2D eigenvalue weighted by molar-refractivity contribution is 0.201. The second-order valence-electron chi connectivity index (χ2n) is 6.77.